The molecule has 0 aliphatic carbocycles. The second kappa shape index (κ2) is 10.4. The summed E-state index contributed by atoms with van der Waals surface area (Å²) in [5, 5.41) is 7.34. The van der Waals surface area contributed by atoms with E-state index >= 15 is 0 Å². The van der Waals surface area contributed by atoms with Gasteiger partial charge in [-0.15, -0.1) is 0 Å². The Labute approximate surface area is 201 Å². The van der Waals surface area contributed by atoms with Gasteiger partial charge >= 0.3 is 0 Å². The molecule has 5 heterocycles. The normalized spacial score (nSPS) is 27.5. The van der Waals surface area contributed by atoms with E-state index < -0.39 is 0 Å². The highest BCUT2D eigenvalue weighted by molar-refractivity contribution is 7.80. The molecule has 33 heavy (non-hydrogen) atoms. The molecule has 1 aromatic carbocycles. The van der Waals surface area contributed by atoms with Crippen LogP contribution in [0.25, 0.3) is 0 Å². The Morgan fingerprint density at radius 3 is 2.58 bits per heavy atom. The van der Waals surface area contributed by atoms with Crippen molar-refractivity contribution in [1.29, 1.82) is 0 Å². The first-order valence-electron chi connectivity index (χ1n) is 12.1. The average molecular weight is 472 g/mol. The first kappa shape index (κ1) is 22.6. The van der Waals surface area contributed by atoms with Crippen LogP contribution in [0.3, 0.4) is 0 Å². The number of fused-ring (bicyclic) bond motifs is 3. The molecule has 4 aliphatic heterocycles. The Hall–Kier alpha value is -2.16. The first-order chi connectivity index (χ1) is 16.1. The van der Waals surface area contributed by atoms with Gasteiger partial charge in [0.05, 0.1) is 12.8 Å². The number of halogens is 1. The van der Waals surface area contributed by atoms with E-state index in [2.05, 4.69) is 25.3 Å². The van der Waals surface area contributed by atoms with Gasteiger partial charge in [-0.2, -0.15) is 0 Å². The van der Waals surface area contributed by atoms with Crippen molar-refractivity contribution in [2.45, 2.75) is 25.4 Å². The van der Waals surface area contributed by atoms with Gasteiger partial charge in [0.15, 0.2) is 5.11 Å². The van der Waals surface area contributed by atoms with Crippen molar-refractivity contribution in [2.24, 2.45) is 11.8 Å². The van der Waals surface area contributed by atoms with E-state index in [1.807, 2.05) is 24.3 Å². The summed E-state index contributed by atoms with van der Waals surface area (Å²) in [6.45, 7) is 9.32. The van der Waals surface area contributed by atoms with Gasteiger partial charge in [0.25, 0.3) is 0 Å². The fourth-order valence-electron chi connectivity index (χ4n) is 5.69. The van der Waals surface area contributed by atoms with Gasteiger partial charge in [-0.25, -0.2) is 4.39 Å². The lowest BCUT2D eigenvalue weighted by Gasteiger charge is -2.51. The van der Waals surface area contributed by atoms with Crippen LogP contribution in [0.2, 0.25) is 0 Å². The third-order valence-corrected chi connectivity index (χ3v) is 7.86. The second-order valence-electron chi connectivity index (χ2n) is 9.60. The summed E-state index contributed by atoms with van der Waals surface area (Å²) >= 11 is 5.45. The smallest absolute Gasteiger partial charge is 0.166 e. The van der Waals surface area contributed by atoms with E-state index in [0.717, 1.165) is 56.0 Å². The van der Waals surface area contributed by atoms with Crippen molar-refractivity contribution in [2.75, 3.05) is 57.3 Å². The molecule has 4 atom stereocenters. The number of anilines is 1. The summed E-state index contributed by atoms with van der Waals surface area (Å²) in [7, 11) is 0. The molecule has 8 heteroatoms. The Balaban J connectivity index is 1.04. The van der Waals surface area contributed by atoms with Crippen molar-refractivity contribution >= 4 is 23.0 Å². The molecular formula is C25H34FN5OS. The minimum absolute atomic E-state index is 0.166. The summed E-state index contributed by atoms with van der Waals surface area (Å²) in [6, 6.07) is 11.3. The number of nitrogens with zero attached hydrogens (tertiary/aromatic N) is 3. The second-order valence-corrected chi connectivity index (χ2v) is 10.0. The van der Waals surface area contributed by atoms with Crippen LogP contribution in [-0.2, 0) is 6.54 Å². The lowest BCUT2D eigenvalue weighted by atomic mass is 9.75. The van der Waals surface area contributed by atoms with Crippen molar-refractivity contribution in [3.8, 4) is 0 Å². The number of hydrogen-bond donors (Lipinski definition) is 2. The van der Waals surface area contributed by atoms with Crippen molar-refractivity contribution in [3.05, 3.63) is 54.2 Å². The molecule has 4 saturated heterocycles. The van der Waals surface area contributed by atoms with Crippen LogP contribution in [0.5, 0.6) is 0 Å². The van der Waals surface area contributed by atoms with Crippen molar-refractivity contribution < 1.29 is 8.81 Å². The van der Waals surface area contributed by atoms with Crippen LogP contribution < -0.4 is 15.5 Å². The highest BCUT2D eigenvalue weighted by Gasteiger charge is 2.40. The number of hydrogen-bond acceptors (Lipinski definition) is 5. The molecule has 1 aromatic heterocycles. The van der Waals surface area contributed by atoms with Crippen LogP contribution >= 0.6 is 12.2 Å². The molecule has 0 saturated carbocycles. The zero-order valence-electron chi connectivity index (χ0n) is 19.1. The van der Waals surface area contributed by atoms with Crippen LogP contribution in [0, 0.1) is 17.7 Å². The lowest BCUT2D eigenvalue weighted by molar-refractivity contribution is -0.0110. The predicted molar refractivity (Wildman–Crippen MR) is 133 cm³/mol. The molecule has 6 rings (SSSR count). The van der Waals surface area contributed by atoms with Crippen molar-refractivity contribution in [3.63, 3.8) is 0 Å². The molecule has 2 bridgehead atoms. The number of benzene rings is 1. The number of thiocarbonyl (C=S) groups is 1. The van der Waals surface area contributed by atoms with Crippen LogP contribution in [0.15, 0.2) is 47.1 Å². The SMILES string of the molecule is Fc1ccc(N2CCN(CC3CN4CCC3CC4CNC(=S)NCc3ccco3)CC2)cc1. The van der Waals surface area contributed by atoms with Gasteiger partial charge in [-0.1, -0.05) is 0 Å². The van der Waals surface area contributed by atoms with Crippen LogP contribution in [0.1, 0.15) is 18.6 Å². The Bertz CT molecular complexity index is 900. The van der Waals surface area contributed by atoms with E-state index in [9.17, 15) is 4.39 Å². The summed E-state index contributed by atoms with van der Waals surface area (Å²) in [5.74, 6) is 2.29. The van der Waals surface area contributed by atoms with E-state index in [1.54, 1.807) is 18.4 Å². The first-order valence-corrected chi connectivity index (χ1v) is 12.6. The summed E-state index contributed by atoms with van der Waals surface area (Å²) in [5.41, 5.74) is 1.13. The molecular weight excluding hydrogens is 437 g/mol. The molecule has 4 fully saturated rings. The molecule has 0 spiro atoms. The third kappa shape index (κ3) is 5.67. The average Bonchev–Trinajstić information content (AvgIpc) is 3.37. The third-order valence-electron chi connectivity index (χ3n) is 7.57. The number of nitrogens with one attached hydrogen (secondary N) is 2. The summed E-state index contributed by atoms with van der Waals surface area (Å²) in [4.78, 5) is 7.67. The molecule has 6 nitrogen and oxygen atoms in total. The molecule has 2 N–H and O–H groups in total. The summed E-state index contributed by atoms with van der Waals surface area (Å²) < 4.78 is 18.6. The minimum atomic E-state index is -0.166. The van der Waals surface area contributed by atoms with Gasteiger partial charge in [0, 0.05) is 57.5 Å². The zero-order chi connectivity index (χ0) is 22.6. The van der Waals surface area contributed by atoms with E-state index in [4.69, 9.17) is 16.6 Å². The van der Waals surface area contributed by atoms with E-state index in [1.165, 1.54) is 32.5 Å². The number of furan rings is 1. The topological polar surface area (TPSA) is 46.9 Å². The standard InChI is InChI=1S/C25H34FN5OS/c26-21-3-5-22(6-4-21)30-11-9-29(10-12-30)17-20-18-31-8-7-19(20)14-23(31)15-27-25(33)28-16-24-2-1-13-32-24/h1-6,13,19-20,23H,7-12,14-18H2,(H2,27,28,33). The summed E-state index contributed by atoms with van der Waals surface area (Å²) in [6.07, 6.45) is 4.26. The largest absolute Gasteiger partial charge is 0.467 e. The molecule has 4 unspecified atom stereocenters. The molecule has 0 radical (unpaired) electrons. The maximum Gasteiger partial charge on any atom is 0.166 e. The van der Waals surface area contributed by atoms with Gasteiger partial charge in [0.2, 0.25) is 0 Å². The fourth-order valence-corrected chi connectivity index (χ4v) is 5.85. The predicted octanol–water partition coefficient (Wildman–Crippen LogP) is 2.92. The Morgan fingerprint density at radius 2 is 1.88 bits per heavy atom. The zero-order valence-corrected chi connectivity index (χ0v) is 19.9. The molecule has 178 valence electrons. The quantitative estimate of drug-likeness (QED) is 0.602. The maximum atomic E-state index is 13.2. The number of piperazine rings is 1. The van der Waals surface area contributed by atoms with Crippen LogP contribution in [0.4, 0.5) is 10.1 Å². The number of piperidine rings is 3. The number of rotatable bonds is 7. The molecule has 4 aliphatic rings. The van der Waals surface area contributed by atoms with Crippen molar-refractivity contribution in [1.82, 2.24) is 20.4 Å². The maximum absolute atomic E-state index is 13.2. The van der Waals surface area contributed by atoms with E-state index in [0.29, 0.717) is 17.7 Å². The monoisotopic (exact) mass is 471 g/mol. The van der Waals surface area contributed by atoms with Gasteiger partial charge in [0.1, 0.15) is 11.6 Å². The van der Waals surface area contributed by atoms with Crippen LogP contribution in [-0.4, -0.2) is 73.3 Å². The fraction of sp³-hybridized carbons (Fsp3) is 0.560. The lowest BCUT2D eigenvalue weighted by Crippen LogP contribution is -2.59. The molecule has 2 aromatic rings. The van der Waals surface area contributed by atoms with Gasteiger partial charge in [-0.05, 0) is 79.8 Å². The highest BCUT2D eigenvalue weighted by atomic mass is 32.1. The Kier molecular flexibility index (Phi) is 7.13. The minimum Gasteiger partial charge on any atom is -0.467 e. The highest BCUT2D eigenvalue weighted by Crippen LogP contribution is 2.36. The molecule has 0 amide bonds. The Morgan fingerprint density at radius 1 is 1.06 bits per heavy atom. The van der Waals surface area contributed by atoms with Gasteiger partial charge in [-0.3, -0.25) is 9.80 Å². The van der Waals surface area contributed by atoms with E-state index in [-0.39, 0.29) is 5.82 Å². The van der Waals surface area contributed by atoms with Gasteiger partial charge < -0.3 is 20.0 Å².